The maximum Gasteiger partial charge on any atom is 0.310 e. The number of ketones is 1. The van der Waals surface area contributed by atoms with Gasteiger partial charge in [0.25, 0.3) is 5.91 Å². The highest BCUT2D eigenvalue weighted by Crippen LogP contribution is 2.43. The van der Waals surface area contributed by atoms with Gasteiger partial charge in [-0.1, -0.05) is 54.1 Å². The molecule has 5 rings (SSSR count). The second-order valence-electron chi connectivity index (χ2n) is 9.95. The first kappa shape index (κ1) is 26.7. The van der Waals surface area contributed by atoms with Crippen molar-refractivity contribution in [3.63, 3.8) is 0 Å². The number of benzene rings is 3. The highest BCUT2D eigenvalue weighted by Gasteiger charge is 2.45. The molecule has 0 aliphatic carbocycles. The molecule has 0 saturated carbocycles. The van der Waals surface area contributed by atoms with Crippen LogP contribution in [0.4, 0.5) is 5.69 Å². The normalized spacial score (nSPS) is 15.3. The summed E-state index contributed by atoms with van der Waals surface area (Å²) in [4.78, 5) is 40.9. The lowest BCUT2D eigenvalue weighted by atomic mass is 9.93. The average Bonchev–Trinajstić information content (AvgIpc) is 3.47. The molecule has 2 heterocycles. The molecule has 8 nitrogen and oxygen atoms in total. The van der Waals surface area contributed by atoms with Gasteiger partial charge in [0.2, 0.25) is 5.78 Å². The number of aliphatic hydroxyl groups excluding tert-OH is 1. The van der Waals surface area contributed by atoms with Gasteiger partial charge in [-0.05, 0) is 56.2 Å². The van der Waals surface area contributed by atoms with Crippen molar-refractivity contribution >= 4 is 34.3 Å². The van der Waals surface area contributed by atoms with Gasteiger partial charge >= 0.3 is 5.97 Å². The van der Waals surface area contributed by atoms with Gasteiger partial charge in [0, 0.05) is 11.1 Å². The Hall–Kier alpha value is -4.85. The van der Waals surface area contributed by atoms with Crippen LogP contribution in [0, 0.1) is 6.92 Å². The number of aliphatic hydroxyl groups is 1. The van der Waals surface area contributed by atoms with Crippen molar-refractivity contribution in [1.82, 2.24) is 0 Å². The summed E-state index contributed by atoms with van der Waals surface area (Å²) in [5.74, 6) is -1.87. The number of amides is 1. The standard InChI is InChI=1S/C32H29NO7/c1-18(2)39-26(34)16-20-11-13-23(14-12-20)33-28(21-8-5-7-19(3)15-21)27(30(36)32(33)37)29(35)25-17-22-9-6-10-24(38-4)31(22)40-25/h5-15,17-18,28,36H,16H2,1-4H3. The topological polar surface area (TPSA) is 106 Å². The lowest BCUT2D eigenvalue weighted by molar-refractivity contribution is -0.146. The first-order valence-electron chi connectivity index (χ1n) is 12.9. The lowest BCUT2D eigenvalue weighted by Crippen LogP contribution is -2.31. The number of carbonyl (C=O) groups is 3. The first-order chi connectivity index (χ1) is 19.2. The van der Waals surface area contributed by atoms with Crippen LogP contribution in [0.1, 0.15) is 47.1 Å². The van der Waals surface area contributed by atoms with E-state index >= 15 is 0 Å². The molecule has 3 aromatic carbocycles. The largest absolute Gasteiger partial charge is 0.503 e. The molecule has 1 atom stereocenters. The summed E-state index contributed by atoms with van der Waals surface area (Å²) in [5.41, 5.74) is 3.05. The molecule has 1 amide bonds. The van der Waals surface area contributed by atoms with Crippen molar-refractivity contribution in [1.29, 1.82) is 0 Å². The predicted octanol–water partition coefficient (Wildman–Crippen LogP) is 6.03. The Morgan fingerprint density at radius 2 is 1.75 bits per heavy atom. The Labute approximate surface area is 231 Å². The summed E-state index contributed by atoms with van der Waals surface area (Å²) >= 11 is 0. The number of hydrogen-bond acceptors (Lipinski definition) is 7. The van der Waals surface area contributed by atoms with Crippen LogP contribution in [0.5, 0.6) is 5.75 Å². The van der Waals surface area contributed by atoms with Gasteiger partial charge in [0.1, 0.15) is 0 Å². The van der Waals surface area contributed by atoms with Crippen molar-refractivity contribution in [3.8, 4) is 5.75 Å². The lowest BCUT2D eigenvalue weighted by Gasteiger charge is -2.27. The Bertz CT molecular complexity index is 1650. The fraction of sp³-hybridized carbons (Fsp3) is 0.219. The van der Waals surface area contributed by atoms with Gasteiger partial charge in [-0.25, -0.2) is 0 Å². The highest BCUT2D eigenvalue weighted by molar-refractivity contribution is 6.20. The average molecular weight is 540 g/mol. The Balaban J connectivity index is 1.55. The number of methoxy groups -OCH3 is 1. The second-order valence-corrected chi connectivity index (χ2v) is 9.95. The monoisotopic (exact) mass is 539 g/mol. The molecule has 0 spiro atoms. The molecular weight excluding hydrogens is 510 g/mol. The summed E-state index contributed by atoms with van der Waals surface area (Å²) in [5, 5.41) is 11.8. The number of aryl methyl sites for hydroxylation is 1. The van der Waals surface area contributed by atoms with Gasteiger partial charge in [0.15, 0.2) is 22.9 Å². The minimum absolute atomic E-state index is 0.0210. The molecule has 1 aliphatic rings. The molecule has 204 valence electrons. The van der Waals surface area contributed by atoms with Gasteiger partial charge in [-0.3, -0.25) is 19.3 Å². The SMILES string of the molecule is COc1cccc2cc(C(=O)C3=C(O)C(=O)N(c4ccc(CC(=O)OC(C)C)cc4)C3c3cccc(C)c3)oc12. The van der Waals surface area contributed by atoms with E-state index in [9.17, 15) is 19.5 Å². The van der Waals surface area contributed by atoms with E-state index in [1.165, 1.54) is 12.0 Å². The maximum absolute atomic E-state index is 13.9. The molecule has 1 aromatic heterocycles. The van der Waals surface area contributed by atoms with Crippen molar-refractivity contribution < 1.29 is 33.4 Å². The van der Waals surface area contributed by atoms with E-state index in [1.807, 2.05) is 31.2 Å². The van der Waals surface area contributed by atoms with Crippen LogP contribution in [0.15, 0.2) is 88.5 Å². The van der Waals surface area contributed by atoms with Crippen LogP contribution in [0.2, 0.25) is 0 Å². The summed E-state index contributed by atoms with van der Waals surface area (Å²) in [6.45, 7) is 5.48. The number of nitrogens with zero attached hydrogens (tertiary/aromatic N) is 1. The first-order valence-corrected chi connectivity index (χ1v) is 12.9. The fourth-order valence-electron chi connectivity index (χ4n) is 4.95. The number of hydrogen-bond donors (Lipinski definition) is 1. The van der Waals surface area contributed by atoms with Crippen LogP contribution in [0.25, 0.3) is 11.0 Å². The zero-order chi connectivity index (χ0) is 28.6. The number of anilines is 1. The predicted molar refractivity (Wildman–Crippen MR) is 150 cm³/mol. The molecule has 8 heteroatoms. The van der Waals surface area contributed by atoms with E-state index in [1.54, 1.807) is 62.4 Å². The summed E-state index contributed by atoms with van der Waals surface area (Å²) in [6, 6.07) is 20.2. The Kier molecular flexibility index (Phi) is 7.17. The smallest absolute Gasteiger partial charge is 0.310 e. The number of Topliss-reactive ketones (excluding diaryl/α,β-unsaturated/α-hetero) is 1. The number of carbonyl (C=O) groups excluding carboxylic acids is 3. The van der Waals surface area contributed by atoms with Crippen molar-refractivity contribution in [2.75, 3.05) is 12.0 Å². The zero-order valence-electron chi connectivity index (χ0n) is 22.6. The van der Waals surface area contributed by atoms with Crippen LogP contribution in [0.3, 0.4) is 0 Å². The number of para-hydroxylation sites is 1. The Morgan fingerprint density at radius 1 is 1.02 bits per heavy atom. The second kappa shape index (κ2) is 10.7. The van der Waals surface area contributed by atoms with Crippen molar-refractivity contribution in [3.05, 3.63) is 107 Å². The summed E-state index contributed by atoms with van der Waals surface area (Å²) in [7, 11) is 1.51. The van der Waals surface area contributed by atoms with E-state index in [0.29, 0.717) is 33.5 Å². The van der Waals surface area contributed by atoms with E-state index in [4.69, 9.17) is 13.9 Å². The van der Waals surface area contributed by atoms with Gasteiger partial charge in [-0.2, -0.15) is 0 Å². The molecule has 4 aromatic rings. The van der Waals surface area contributed by atoms with Gasteiger partial charge in [-0.15, -0.1) is 0 Å². The number of furan rings is 1. The van der Waals surface area contributed by atoms with Crippen LogP contribution in [-0.4, -0.2) is 36.0 Å². The van der Waals surface area contributed by atoms with E-state index in [-0.39, 0.29) is 29.8 Å². The molecule has 1 aliphatic heterocycles. The molecule has 0 radical (unpaired) electrons. The van der Waals surface area contributed by atoms with Crippen LogP contribution in [-0.2, 0) is 20.7 Å². The number of fused-ring (bicyclic) bond motifs is 1. The number of rotatable bonds is 8. The number of ether oxygens (including phenoxy) is 2. The molecular formula is C32H29NO7. The maximum atomic E-state index is 13.9. The minimum Gasteiger partial charge on any atom is -0.503 e. The van der Waals surface area contributed by atoms with E-state index < -0.39 is 23.5 Å². The molecule has 0 saturated heterocycles. The molecule has 0 bridgehead atoms. The van der Waals surface area contributed by atoms with Crippen LogP contribution < -0.4 is 9.64 Å². The van der Waals surface area contributed by atoms with Gasteiger partial charge < -0.3 is 19.0 Å². The van der Waals surface area contributed by atoms with Crippen LogP contribution >= 0.6 is 0 Å². The van der Waals surface area contributed by atoms with Crippen molar-refractivity contribution in [2.24, 2.45) is 0 Å². The quantitative estimate of drug-likeness (QED) is 0.215. The molecule has 40 heavy (non-hydrogen) atoms. The number of esters is 1. The third kappa shape index (κ3) is 4.96. The molecule has 1 unspecified atom stereocenters. The van der Waals surface area contributed by atoms with Gasteiger partial charge in [0.05, 0.1) is 31.2 Å². The minimum atomic E-state index is -0.910. The third-order valence-corrected chi connectivity index (χ3v) is 6.69. The van der Waals surface area contributed by atoms with Crippen molar-refractivity contribution in [2.45, 2.75) is 39.3 Å². The fourth-order valence-corrected chi connectivity index (χ4v) is 4.95. The summed E-state index contributed by atoms with van der Waals surface area (Å²) < 4.78 is 16.5. The Morgan fingerprint density at radius 3 is 2.42 bits per heavy atom. The molecule has 0 fully saturated rings. The summed E-state index contributed by atoms with van der Waals surface area (Å²) in [6.07, 6.45) is -0.141. The van der Waals surface area contributed by atoms with E-state index in [2.05, 4.69) is 0 Å². The highest BCUT2D eigenvalue weighted by atomic mass is 16.5. The van der Waals surface area contributed by atoms with E-state index in [0.717, 1.165) is 5.56 Å². The molecule has 1 N–H and O–H groups in total. The third-order valence-electron chi connectivity index (χ3n) is 6.69. The zero-order valence-corrected chi connectivity index (χ0v) is 22.6.